The Bertz CT molecular complexity index is 480. The van der Waals surface area contributed by atoms with Crippen LogP contribution in [0.4, 0.5) is 0 Å². The summed E-state index contributed by atoms with van der Waals surface area (Å²) in [6, 6.07) is 0. The van der Waals surface area contributed by atoms with E-state index in [1.165, 1.54) is 6.33 Å². The van der Waals surface area contributed by atoms with Crippen molar-refractivity contribution in [1.29, 1.82) is 0 Å². The van der Waals surface area contributed by atoms with Crippen LogP contribution in [0.25, 0.3) is 0 Å². The predicted octanol–water partition coefficient (Wildman–Crippen LogP) is 0.359. The molecule has 7 heteroatoms. The van der Waals surface area contributed by atoms with Crippen LogP contribution >= 0.6 is 0 Å². The Morgan fingerprint density at radius 1 is 1.56 bits per heavy atom. The van der Waals surface area contributed by atoms with Crippen molar-refractivity contribution in [1.82, 2.24) is 14.9 Å². The first kappa shape index (κ1) is 12.6. The van der Waals surface area contributed by atoms with Crippen molar-refractivity contribution in [2.75, 3.05) is 19.8 Å². The van der Waals surface area contributed by atoms with Crippen molar-refractivity contribution in [3.05, 3.63) is 17.7 Å². The number of hydrogen-bond donors (Lipinski definition) is 2. The first-order valence-corrected chi connectivity index (χ1v) is 5.60. The van der Waals surface area contributed by atoms with E-state index >= 15 is 0 Å². The minimum Gasteiger partial charge on any atom is -0.477 e. The molecule has 2 heterocycles. The first-order valence-electron chi connectivity index (χ1n) is 5.60. The highest BCUT2D eigenvalue weighted by Gasteiger charge is 2.36. The van der Waals surface area contributed by atoms with Crippen LogP contribution in [-0.4, -0.2) is 57.1 Å². The molecular weight excluding hydrogens is 238 g/mol. The summed E-state index contributed by atoms with van der Waals surface area (Å²) in [6.07, 6.45) is 1.21. The number of imidazole rings is 1. The molecule has 0 aliphatic carbocycles. The molecule has 1 fully saturated rings. The number of rotatable bonds is 2. The lowest BCUT2D eigenvalue weighted by molar-refractivity contribution is -0.0373. The smallest absolute Gasteiger partial charge is 0.354 e. The van der Waals surface area contributed by atoms with Gasteiger partial charge in [-0.25, -0.2) is 9.78 Å². The SMILES string of the molecule is CC1(C)COCCN1C(=O)c1nc[nH]c1C(=O)O. The zero-order valence-electron chi connectivity index (χ0n) is 10.3. The molecule has 2 rings (SSSR count). The van der Waals surface area contributed by atoms with Crippen LogP contribution in [0.3, 0.4) is 0 Å². The molecule has 0 bridgehead atoms. The summed E-state index contributed by atoms with van der Waals surface area (Å²) in [4.78, 5) is 31.2. The van der Waals surface area contributed by atoms with Gasteiger partial charge in [-0.05, 0) is 13.8 Å². The van der Waals surface area contributed by atoms with E-state index in [9.17, 15) is 9.59 Å². The number of nitrogens with zero attached hydrogens (tertiary/aromatic N) is 2. The van der Waals surface area contributed by atoms with Gasteiger partial charge in [-0.1, -0.05) is 0 Å². The number of amides is 1. The van der Waals surface area contributed by atoms with Crippen molar-refractivity contribution < 1.29 is 19.4 Å². The van der Waals surface area contributed by atoms with Crippen molar-refractivity contribution in [3.8, 4) is 0 Å². The maximum atomic E-state index is 12.3. The lowest BCUT2D eigenvalue weighted by atomic mass is 10.0. The molecule has 1 aromatic heterocycles. The van der Waals surface area contributed by atoms with Crippen LogP contribution in [0.2, 0.25) is 0 Å². The first-order chi connectivity index (χ1) is 8.43. The fourth-order valence-electron chi connectivity index (χ4n) is 1.98. The third-order valence-electron chi connectivity index (χ3n) is 2.95. The quantitative estimate of drug-likeness (QED) is 0.793. The van der Waals surface area contributed by atoms with E-state index in [-0.39, 0.29) is 17.3 Å². The number of carboxylic acid groups (broad SMARTS) is 1. The molecule has 1 aliphatic rings. The second-order valence-electron chi connectivity index (χ2n) is 4.75. The molecule has 1 amide bonds. The molecule has 0 saturated carbocycles. The summed E-state index contributed by atoms with van der Waals surface area (Å²) >= 11 is 0. The zero-order chi connectivity index (χ0) is 13.3. The molecule has 1 saturated heterocycles. The zero-order valence-corrected chi connectivity index (χ0v) is 10.3. The number of aromatic amines is 1. The van der Waals surface area contributed by atoms with Crippen LogP contribution in [0.5, 0.6) is 0 Å². The van der Waals surface area contributed by atoms with E-state index in [1.54, 1.807) is 4.90 Å². The summed E-state index contributed by atoms with van der Waals surface area (Å²) in [6.45, 7) is 5.04. The van der Waals surface area contributed by atoms with Gasteiger partial charge in [0.25, 0.3) is 5.91 Å². The second kappa shape index (κ2) is 4.41. The Morgan fingerprint density at radius 2 is 2.28 bits per heavy atom. The maximum absolute atomic E-state index is 12.3. The molecule has 98 valence electrons. The fourth-order valence-corrected chi connectivity index (χ4v) is 1.98. The van der Waals surface area contributed by atoms with Crippen molar-refractivity contribution in [2.45, 2.75) is 19.4 Å². The predicted molar refractivity (Wildman–Crippen MR) is 61.5 cm³/mol. The molecule has 0 radical (unpaired) electrons. The Hall–Kier alpha value is -1.89. The Morgan fingerprint density at radius 3 is 2.89 bits per heavy atom. The highest BCUT2D eigenvalue weighted by molar-refractivity contribution is 6.02. The van der Waals surface area contributed by atoms with Crippen molar-refractivity contribution in [3.63, 3.8) is 0 Å². The lowest BCUT2D eigenvalue weighted by Crippen LogP contribution is -2.55. The van der Waals surface area contributed by atoms with Gasteiger partial charge in [-0.15, -0.1) is 0 Å². The molecular formula is C11H15N3O4. The van der Waals surface area contributed by atoms with E-state index < -0.39 is 11.5 Å². The number of ether oxygens (including phenoxy) is 1. The minimum atomic E-state index is -1.19. The number of morpholine rings is 1. The highest BCUT2D eigenvalue weighted by atomic mass is 16.5. The Balaban J connectivity index is 2.30. The van der Waals surface area contributed by atoms with Gasteiger partial charge in [0.05, 0.1) is 25.1 Å². The van der Waals surface area contributed by atoms with Gasteiger partial charge < -0.3 is 19.7 Å². The van der Waals surface area contributed by atoms with Crippen LogP contribution in [-0.2, 0) is 4.74 Å². The monoisotopic (exact) mass is 253 g/mol. The standard InChI is InChI=1S/C11H15N3O4/c1-11(2)5-18-4-3-14(11)9(15)7-8(10(16)17)13-6-12-7/h6H,3-5H2,1-2H3,(H,12,13)(H,16,17). The molecule has 0 atom stereocenters. The van der Waals surface area contributed by atoms with Gasteiger partial charge in [-0.2, -0.15) is 0 Å². The van der Waals surface area contributed by atoms with E-state index in [1.807, 2.05) is 13.8 Å². The van der Waals surface area contributed by atoms with E-state index in [4.69, 9.17) is 9.84 Å². The van der Waals surface area contributed by atoms with Crippen LogP contribution < -0.4 is 0 Å². The average Bonchev–Trinajstić information content (AvgIpc) is 2.76. The Labute approximate surface area is 104 Å². The number of carboxylic acids is 1. The third-order valence-corrected chi connectivity index (χ3v) is 2.95. The van der Waals surface area contributed by atoms with Crippen LogP contribution in [0.15, 0.2) is 6.33 Å². The van der Waals surface area contributed by atoms with Gasteiger partial charge in [0.2, 0.25) is 0 Å². The van der Waals surface area contributed by atoms with Crippen LogP contribution in [0, 0.1) is 0 Å². The van der Waals surface area contributed by atoms with Gasteiger partial charge >= 0.3 is 5.97 Å². The number of nitrogens with one attached hydrogen (secondary N) is 1. The van der Waals surface area contributed by atoms with Gasteiger partial charge in [0.1, 0.15) is 0 Å². The number of hydrogen-bond acceptors (Lipinski definition) is 4. The molecule has 0 unspecified atom stereocenters. The average molecular weight is 253 g/mol. The van der Waals surface area contributed by atoms with E-state index in [0.29, 0.717) is 19.8 Å². The molecule has 0 spiro atoms. The number of carbonyl (C=O) groups excluding carboxylic acids is 1. The molecule has 1 aromatic rings. The summed E-state index contributed by atoms with van der Waals surface area (Å²) in [5.74, 6) is -1.58. The number of H-pyrrole nitrogens is 1. The molecule has 0 aromatic carbocycles. The van der Waals surface area contributed by atoms with Gasteiger partial charge in [0.15, 0.2) is 11.4 Å². The summed E-state index contributed by atoms with van der Waals surface area (Å²) in [5.41, 5.74) is -0.705. The van der Waals surface area contributed by atoms with Crippen LogP contribution in [0.1, 0.15) is 34.8 Å². The highest BCUT2D eigenvalue weighted by Crippen LogP contribution is 2.21. The summed E-state index contributed by atoms with van der Waals surface area (Å²) < 4.78 is 5.32. The van der Waals surface area contributed by atoms with E-state index in [0.717, 1.165) is 0 Å². The van der Waals surface area contributed by atoms with Gasteiger partial charge in [0, 0.05) is 6.54 Å². The lowest BCUT2D eigenvalue weighted by Gasteiger charge is -2.41. The van der Waals surface area contributed by atoms with Gasteiger partial charge in [-0.3, -0.25) is 4.79 Å². The number of aromatic carboxylic acids is 1. The minimum absolute atomic E-state index is 0.0579. The topological polar surface area (TPSA) is 95.5 Å². The molecule has 18 heavy (non-hydrogen) atoms. The van der Waals surface area contributed by atoms with Crippen molar-refractivity contribution in [2.24, 2.45) is 0 Å². The normalized spacial score (nSPS) is 18.7. The number of carbonyl (C=O) groups is 2. The molecule has 1 aliphatic heterocycles. The second-order valence-corrected chi connectivity index (χ2v) is 4.75. The fraction of sp³-hybridized carbons (Fsp3) is 0.545. The Kier molecular flexibility index (Phi) is 3.08. The third kappa shape index (κ3) is 2.08. The number of aromatic nitrogens is 2. The molecule has 2 N–H and O–H groups in total. The summed E-state index contributed by atoms with van der Waals surface area (Å²) in [5, 5.41) is 8.97. The largest absolute Gasteiger partial charge is 0.477 e. The van der Waals surface area contributed by atoms with E-state index in [2.05, 4.69) is 9.97 Å². The maximum Gasteiger partial charge on any atom is 0.354 e. The molecule has 7 nitrogen and oxygen atoms in total. The van der Waals surface area contributed by atoms with Crippen molar-refractivity contribution >= 4 is 11.9 Å². The summed E-state index contributed by atoms with van der Waals surface area (Å²) in [7, 11) is 0.